The van der Waals surface area contributed by atoms with Gasteiger partial charge in [0.05, 0.1) is 11.8 Å². The van der Waals surface area contributed by atoms with E-state index in [9.17, 15) is 18.8 Å². The van der Waals surface area contributed by atoms with Crippen LogP contribution in [0.2, 0.25) is 0 Å². The second-order valence-electron chi connectivity index (χ2n) is 5.49. The number of carboxylic acids is 1. The molecule has 6 nitrogen and oxygen atoms in total. The SMILES string of the molecule is CC(CN(C)C(=O)C1CC(=O)Nc2cc(F)ccc21)C(=O)O. The molecule has 2 N–H and O–H groups in total. The van der Waals surface area contributed by atoms with Crippen LogP contribution >= 0.6 is 0 Å². The highest BCUT2D eigenvalue weighted by Gasteiger charge is 2.33. The van der Waals surface area contributed by atoms with Gasteiger partial charge in [-0.05, 0) is 17.7 Å². The Morgan fingerprint density at radius 2 is 2.18 bits per heavy atom. The maximum Gasteiger partial charge on any atom is 0.308 e. The van der Waals surface area contributed by atoms with Crippen molar-refractivity contribution >= 4 is 23.5 Å². The van der Waals surface area contributed by atoms with Gasteiger partial charge in [0.2, 0.25) is 11.8 Å². The number of nitrogens with one attached hydrogen (secondary N) is 1. The van der Waals surface area contributed by atoms with Gasteiger partial charge in [-0.3, -0.25) is 14.4 Å². The molecule has 118 valence electrons. The molecule has 2 atom stereocenters. The van der Waals surface area contributed by atoms with Gasteiger partial charge < -0.3 is 15.3 Å². The molecule has 1 aromatic carbocycles. The van der Waals surface area contributed by atoms with E-state index >= 15 is 0 Å². The maximum absolute atomic E-state index is 13.3. The number of carbonyl (C=O) groups excluding carboxylic acids is 2. The van der Waals surface area contributed by atoms with E-state index in [0.717, 1.165) is 0 Å². The van der Waals surface area contributed by atoms with Crippen LogP contribution in [0.4, 0.5) is 10.1 Å². The molecule has 0 radical (unpaired) electrons. The number of carboxylic acid groups (broad SMARTS) is 1. The molecule has 2 amide bonds. The first kappa shape index (κ1) is 15.9. The number of carbonyl (C=O) groups is 3. The lowest BCUT2D eigenvalue weighted by molar-refractivity contribution is -0.143. The van der Waals surface area contributed by atoms with Crippen LogP contribution in [-0.2, 0) is 14.4 Å². The summed E-state index contributed by atoms with van der Waals surface area (Å²) in [6, 6.07) is 3.88. The average molecular weight is 308 g/mol. The van der Waals surface area contributed by atoms with E-state index < -0.39 is 23.6 Å². The Balaban J connectivity index is 2.23. The molecule has 2 rings (SSSR count). The lowest BCUT2D eigenvalue weighted by Crippen LogP contribution is -2.39. The first-order valence-electron chi connectivity index (χ1n) is 6.86. The summed E-state index contributed by atoms with van der Waals surface area (Å²) in [4.78, 5) is 36.4. The van der Waals surface area contributed by atoms with Crippen LogP contribution in [0.5, 0.6) is 0 Å². The third kappa shape index (κ3) is 3.24. The van der Waals surface area contributed by atoms with Crippen LogP contribution in [0.1, 0.15) is 24.8 Å². The number of fused-ring (bicyclic) bond motifs is 1. The van der Waals surface area contributed by atoms with Crippen LogP contribution in [0.25, 0.3) is 0 Å². The molecule has 1 aromatic rings. The van der Waals surface area contributed by atoms with Crippen LogP contribution in [0.15, 0.2) is 18.2 Å². The topological polar surface area (TPSA) is 86.7 Å². The van der Waals surface area contributed by atoms with E-state index in [1.54, 1.807) is 0 Å². The minimum absolute atomic E-state index is 0.0384. The number of halogens is 1. The van der Waals surface area contributed by atoms with Gasteiger partial charge in [-0.2, -0.15) is 0 Å². The number of aliphatic carboxylic acids is 1. The van der Waals surface area contributed by atoms with Crippen LogP contribution in [0, 0.1) is 11.7 Å². The van der Waals surface area contributed by atoms with E-state index in [1.165, 1.54) is 37.1 Å². The van der Waals surface area contributed by atoms with E-state index in [-0.39, 0.29) is 30.5 Å². The molecule has 0 aromatic heterocycles. The van der Waals surface area contributed by atoms with Crippen molar-refractivity contribution in [3.63, 3.8) is 0 Å². The first-order valence-corrected chi connectivity index (χ1v) is 6.86. The van der Waals surface area contributed by atoms with Crippen LogP contribution in [-0.4, -0.2) is 41.4 Å². The summed E-state index contributed by atoms with van der Waals surface area (Å²) in [5.74, 6) is -3.65. The quantitative estimate of drug-likeness (QED) is 0.881. The smallest absolute Gasteiger partial charge is 0.308 e. The molecule has 1 aliphatic rings. The summed E-state index contributed by atoms with van der Waals surface area (Å²) < 4.78 is 13.3. The fourth-order valence-electron chi connectivity index (χ4n) is 2.50. The van der Waals surface area contributed by atoms with Crippen molar-refractivity contribution in [2.24, 2.45) is 5.92 Å². The zero-order chi connectivity index (χ0) is 16.4. The number of amides is 2. The van der Waals surface area contributed by atoms with Gasteiger partial charge in [-0.25, -0.2) is 4.39 Å². The van der Waals surface area contributed by atoms with Crippen molar-refractivity contribution in [1.82, 2.24) is 4.90 Å². The number of nitrogens with zero attached hydrogens (tertiary/aromatic N) is 1. The van der Waals surface area contributed by atoms with Gasteiger partial charge in [-0.15, -0.1) is 0 Å². The van der Waals surface area contributed by atoms with Crippen molar-refractivity contribution in [3.05, 3.63) is 29.6 Å². The lowest BCUT2D eigenvalue weighted by Gasteiger charge is -2.29. The van der Waals surface area contributed by atoms with Crippen molar-refractivity contribution in [2.45, 2.75) is 19.3 Å². The zero-order valence-corrected chi connectivity index (χ0v) is 12.3. The highest BCUT2D eigenvalue weighted by molar-refractivity contribution is 6.01. The number of hydrogen-bond donors (Lipinski definition) is 2. The lowest BCUT2D eigenvalue weighted by atomic mass is 9.89. The Morgan fingerprint density at radius 3 is 2.82 bits per heavy atom. The molecule has 0 fully saturated rings. The van der Waals surface area contributed by atoms with Gasteiger partial charge in [-0.1, -0.05) is 13.0 Å². The molecular formula is C15H17FN2O4. The average Bonchev–Trinajstić information content (AvgIpc) is 2.44. The van der Waals surface area contributed by atoms with Gasteiger partial charge in [0.25, 0.3) is 0 Å². The molecule has 1 heterocycles. The molecule has 1 aliphatic heterocycles. The number of hydrogen-bond acceptors (Lipinski definition) is 3. The van der Waals surface area contributed by atoms with Gasteiger partial charge in [0.15, 0.2) is 0 Å². The fraction of sp³-hybridized carbons (Fsp3) is 0.400. The molecule has 0 saturated carbocycles. The van der Waals surface area contributed by atoms with Crippen molar-refractivity contribution < 1.29 is 23.9 Å². The Morgan fingerprint density at radius 1 is 1.50 bits per heavy atom. The maximum atomic E-state index is 13.3. The summed E-state index contributed by atoms with van der Waals surface area (Å²) in [7, 11) is 1.50. The standard InChI is InChI=1S/C15H17FN2O4/c1-8(15(21)22)7-18(2)14(20)11-6-13(19)17-12-5-9(16)3-4-10(11)12/h3-5,8,11H,6-7H2,1-2H3,(H,17,19)(H,21,22). The third-order valence-electron chi connectivity index (χ3n) is 3.70. The highest BCUT2D eigenvalue weighted by atomic mass is 19.1. The van der Waals surface area contributed by atoms with Gasteiger partial charge in [0, 0.05) is 25.7 Å². The monoisotopic (exact) mass is 308 g/mol. The Kier molecular flexibility index (Phi) is 4.44. The summed E-state index contributed by atoms with van der Waals surface area (Å²) in [5.41, 5.74) is 0.829. The largest absolute Gasteiger partial charge is 0.481 e. The third-order valence-corrected chi connectivity index (χ3v) is 3.70. The molecule has 0 bridgehead atoms. The van der Waals surface area contributed by atoms with E-state index in [4.69, 9.17) is 5.11 Å². The molecule has 0 saturated heterocycles. The molecule has 0 aliphatic carbocycles. The Hall–Kier alpha value is -2.44. The predicted octanol–water partition coefficient (Wildman–Crippen LogP) is 1.43. The van der Waals surface area contributed by atoms with Crippen molar-refractivity contribution in [3.8, 4) is 0 Å². The van der Waals surface area contributed by atoms with E-state index in [0.29, 0.717) is 5.56 Å². The summed E-state index contributed by atoms with van der Waals surface area (Å²) in [5, 5.41) is 11.4. The molecular weight excluding hydrogens is 291 g/mol. The molecule has 7 heteroatoms. The Labute approximate surface area is 126 Å². The number of rotatable bonds is 4. The highest BCUT2D eigenvalue weighted by Crippen LogP contribution is 2.33. The summed E-state index contributed by atoms with van der Waals surface area (Å²) >= 11 is 0. The first-order chi connectivity index (χ1) is 10.3. The molecule has 22 heavy (non-hydrogen) atoms. The zero-order valence-electron chi connectivity index (χ0n) is 12.3. The van der Waals surface area contributed by atoms with E-state index in [2.05, 4.69) is 5.32 Å². The second kappa shape index (κ2) is 6.13. The second-order valence-corrected chi connectivity index (χ2v) is 5.49. The van der Waals surface area contributed by atoms with Crippen molar-refractivity contribution in [2.75, 3.05) is 18.9 Å². The minimum atomic E-state index is -0.997. The van der Waals surface area contributed by atoms with Crippen LogP contribution < -0.4 is 5.32 Å². The molecule has 0 spiro atoms. The summed E-state index contributed by atoms with van der Waals surface area (Å²) in [6.45, 7) is 1.55. The van der Waals surface area contributed by atoms with Crippen molar-refractivity contribution in [1.29, 1.82) is 0 Å². The minimum Gasteiger partial charge on any atom is -0.481 e. The van der Waals surface area contributed by atoms with Crippen LogP contribution in [0.3, 0.4) is 0 Å². The normalized spacial score (nSPS) is 18.1. The van der Waals surface area contributed by atoms with Gasteiger partial charge in [0.1, 0.15) is 5.82 Å². The van der Waals surface area contributed by atoms with Gasteiger partial charge >= 0.3 is 5.97 Å². The van der Waals surface area contributed by atoms with E-state index in [1.807, 2.05) is 0 Å². The number of anilines is 1. The summed E-state index contributed by atoms with van der Waals surface area (Å²) in [6.07, 6.45) is -0.0384. The fourth-order valence-corrected chi connectivity index (χ4v) is 2.50. The molecule has 2 unspecified atom stereocenters. The Bertz CT molecular complexity index is 632. The number of likely N-dealkylation sites (N-methyl/N-ethyl adjacent to an activating group) is 1. The predicted molar refractivity (Wildman–Crippen MR) is 76.8 cm³/mol. The number of benzene rings is 1.